The molecule has 0 amide bonds. The van der Waals surface area contributed by atoms with Gasteiger partial charge in [-0.05, 0) is 50.9 Å². The van der Waals surface area contributed by atoms with Crippen molar-refractivity contribution < 1.29 is 39.6 Å². The van der Waals surface area contributed by atoms with Crippen molar-refractivity contribution in [2.75, 3.05) is 18.5 Å². The minimum atomic E-state index is -1.82. The molecule has 1 aromatic carbocycles. The van der Waals surface area contributed by atoms with Crippen LogP contribution in [-0.4, -0.2) is 63.9 Å². The number of carboxylic acids is 4. The van der Waals surface area contributed by atoms with Crippen LogP contribution in [0, 0.1) is 0 Å². The van der Waals surface area contributed by atoms with Crippen molar-refractivity contribution in [1.82, 2.24) is 5.32 Å². The summed E-state index contributed by atoms with van der Waals surface area (Å²) in [5.41, 5.74) is 4.36. The van der Waals surface area contributed by atoms with E-state index >= 15 is 0 Å². The first-order valence-corrected chi connectivity index (χ1v) is 8.46. The molecular weight excluding hydrogens is 372 g/mol. The second-order valence-electron chi connectivity index (χ2n) is 6.10. The van der Waals surface area contributed by atoms with E-state index in [-0.39, 0.29) is 0 Å². The lowest BCUT2D eigenvalue weighted by molar-refractivity contribution is -0.159. The summed E-state index contributed by atoms with van der Waals surface area (Å²) < 4.78 is 0. The maximum atomic E-state index is 9.10. The lowest BCUT2D eigenvalue weighted by Gasteiger charge is -2.35. The molecule has 0 aliphatic carbocycles. The number of benzene rings is 1. The Morgan fingerprint density at radius 2 is 1.50 bits per heavy atom. The number of carboxylic acid groups (broad SMARTS) is 4. The standard InChI is InChI=1S/C14H22N2.2C2H2O4/c1-11(2)16-8-4-5-13-9-12(10-15-3)6-7-14(13)16;2*3-1(4)2(5)6/h6-7,9,11,15H,4-5,8,10H2,1-3H3;2*(H,3,4)(H,5,6). The van der Waals surface area contributed by atoms with Crippen molar-refractivity contribution in [1.29, 1.82) is 0 Å². The topological polar surface area (TPSA) is 164 Å². The van der Waals surface area contributed by atoms with E-state index in [1.165, 1.54) is 36.2 Å². The van der Waals surface area contributed by atoms with Crippen molar-refractivity contribution in [2.24, 2.45) is 0 Å². The summed E-state index contributed by atoms with van der Waals surface area (Å²) in [4.78, 5) is 38.9. The van der Waals surface area contributed by atoms with Gasteiger partial charge in [-0.3, -0.25) is 0 Å². The number of nitrogens with zero attached hydrogens (tertiary/aromatic N) is 1. The first-order chi connectivity index (χ1) is 13.0. The Morgan fingerprint density at radius 1 is 1.00 bits per heavy atom. The van der Waals surface area contributed by atoms with Gasteiger partial charge in [0.25, 0.3) is 0 Å². The van der Waals surface area contributed by atoms with Crippen molar-refractivity contribution in [3.63, 3.8) is 0 Å². The fourth-order valence-corrected chi connectivity index (χ4v) is 2.53. The van der Waals surface area contributed by atoms with E-state index < -0.39 is 23.9 Å². The minimum Gasteiger partial charge on any atom is -0.473 e. The minimum absolute atomic E-state index is 0.606. The quantitative estimate of drug-likeness (QED) is 0.461. The lowest BCUT2D eigenvalue weighted by Crippen LogP contribution is -2.35. The number of carbonyl (C=O) groups is 4. The van der Waals surface area contributed by atoms with Gasteiger partial charge in [0.05, 0.1) is 0 Å². The van der Waals surface area contributed by atoms with Crippen LogP contribution in [0.25, 0.3) is 0 Å². The van der Waals surface area contributed by atoms with Crippen molar-refractivity contribution in [3.05, 3.63) is 29.3 Å². The average molecular weight is 398 g/mol. The second kappa shape index (κ2) is 12.3. The first kappa shape index (κ1) is 24.9. The zero-order valence-corrected chi connectivity index (χ0v) is 16.0. The molecular formula is C18H26N2O8. The van der Waals surface area contributed by atoms with Gasteiger partial charge in [-0.15, -0.1) is 0 Å². The van der Waals surface area contributed by atoms with Crippen molar-refractivity contribution in [2.45, 2.75) is 39.3 Å². The fraction of sp³-hybridized carbons (Fsp3) is 0.444. The molecule has 10 heteroatoms. The maximum absolute atomic E-state index is 9.10. The Balaban J connectivity index is 0.000000505. The SMILES string of the molecule is CNCc1ccc2c(c1)CCCN2C(C)C.O=C(O)C(=O)O.O=C(O)C(=O)O. The predicted molar refractivity (Wildman–Crippen MR) is 101 cm³/mol. The number of rotatable bonds is 3. The Hall–Kier alpha value is -3.14. The van der Waals surface area contributed by atoms with Crippen molar-refractivity contribution >= 4 is 29.6 Å². The summed E-state index contributed by atoms with van der Waals surface area (Å²) in [6.07, 6.45) is 2.52. The van der Waals surface area contributed by atoms with Crippen LogP contribution in [0.4, 0.5) is 5.69 Å². The molecule has 0 saturated heterocycles. The van der Waals surface area contributed by atoms with Crippen LogP contribution in [0.1, 0.15) is 31.4 Å². The van der Waals surface area contributed by atoms with Gasteiger partial charge in [-0.1, -0.05) is 12.1 Å². The normalized spacial score (nSPS) is 11.9. The molecule has 0 saturated carbocycles. The summed E-state index contributed by atoms with van der Waals surface area (Å²) in [6, 6.07) is 7.51. The Labute approximate surface area is 162 Å². The van der Waals surface area contributed by atoms with Crippen molar-refractivity contribution in [3.8, 4) is 0 Å². The molecule has 0 atom stereocenters. The van der Waals surface area contributed by atoms with Gasteiger partial charge in [0.15, 0.2) is 0 Å². The third kappa shape index (κ3) is 8.99. The summed E-state index contributed by atoms with van der Waals surface area (Å²) in [6.45, 7) is 6.72. The monoisotopic (exact) mass is 398 g/mol. The predicted octanol–water partition coefficient (Wildman–Crippen LogP) is 0.878. The van der Waals surface area contributed by atoms with E-state index in [9.17, 15) is 0 Å². The number of fused-ring (bicyclic) bond motifs is 1. The van der Waals surface area contributed by atoms with Gasteiger partial charge in [-0.2, -0.15) is 0 Å². The van der Waals surface area contributed by atoms with Gasteiger partial charge in [0.2, 0.25) is 0 Å². The van der Waals surface area contributed by atoms with E-state index in [4.69, 9.17) is 39.6 Å². The zero-order valence-electron chi connectivity index (χ0n) is 16.0. The second-order valence-corrected chi connectivity index (χ2v) is 6.10. The van der Waals surface area contributed by atoms with Gasteiger partial charge in [0, 0.05) is 24.8 Å². The molecule has 0 spiro atoms. The number of aliphatic carboxylic acids is 4. The fourth-order valence-electron chi connectivity index (χ4n) is 2.53. The molecule has 1 aromatic rings. The number of hydrogen-bond donors (Lipinski definition) is 5. The van der Waals surface area contributed by atoms with Crippen LogP contribution < -0.4 is 10.2 Å². The van der Waals surface area contributed by atoms with Crippen LogP contribution in [0.3, 0.4) is 0 Å². The molecule has 5 N–H and O–H groups in total. The van der Waals surface area contributed by atoms with Crippen LogP contribution in [0.15, 0.2) is 18.2 Å². The van der Waals surface area contributed by atoms with Gasteiger partial charge < -0.3 is 30.6 Å². The van der Waals surface area contributed by atoms with Crippen LogP contribution in [-0.2, 0) is 32.1 Å². The third-order valence-corrected chi connectivity index (χ3v) is 3.67. The Morgan fingerprint density at radius 3 is 1.89 bits per heavy atom. The molecule has 0 unspecified atom stereocenters. The molecule has 10 nitrogen and oxygen atoms in total. The van der Waals surface area contributed by atoms with Crippen LogP contribution in [0.2, 0.25) is 0 Å². The van der Waals surface area contributed by atoms with Gasteiger partial charge in [0.1, 0.15) is 0 Å². The summed E-state index contributed by atoms with van der Waals surface area (Å²) in [5, 5.41) is 32.8. The zero-order chi connectivity index (χ0) is 21.9. The molecule has 0 bridgehead atoms. The number of aryl methyl sites for hydroxylation is 1. The summed E-state index contributed by atoms with van der Waals surface area (Å²) in [7, 11) is 2.00. The molecule has 0 aromatic heterocycles. The molecule has 156 valence electrons. The highest BCUT2D eigenvalue weighted by molar-refractivity contribution is 6.27. The molecule has 0 fully saturated rings. The number of nitrogens with one attached hydrogen (secondary N) is 1. The Kier molecular flexibility index (Phi) is 10.9. The van der Waals surface area contributed by atoms with E-state index in [2.05, 4.69) is 42.3 Å². The smallest absolute Gasteiger partial charge is 0.414 e. The van der Waals surface area contributed by atoms with E-state index in [1.807, 2.05) is 7.05 Å². The van der Waals surface area contributed by atoms with Gasteiger partial charge >= 0.3 is 23.9 Å². The van der Waals surface area contributed by atoms with E-state index in [1.54, 1.807) is 0 Å². The molecule has 1 heterocycles. The highest BCUT2D eigenvalue weighted by atomic mass is 16.4. The highest BCUT2D eigenvalue weighted by Gasteiger charge is 2.18. The molecule has 28 heavy (non-hydrogen) atoms. The molecule has 1 aliphatic heterocycles. The first-order valence-electron chi connectivity index (χ1n) is 8.46. The Bertz CT molecular complexity index is 655. The van der Waals surface area contributed by atoms with E-state index in [0.717, 1.165) is 6.54 Å². The summed E-state index contributed by atoms with van der Waals surface area (Å²) in [5.74, 6) is -7.30. The van der Waals surface area contributed by atoms with E-state index in [0.29, 0.717) is 6.04 Å². The lowest BCUT2D eigenvalue weighted by atomic mass is 9.98. The molecule has 1 aliphatic rings. The number of hydrogen-bond acceptors (Lipinski definition) is 6. The number of anilines is 1. The third-order valence-electron chi connectivity index (χ3n) is 3.67. The average Bonchev–Trinajstić information content (AvgIpc) is 2.62. The van der Waals surface area contributed by atoms with Crippen LogP contribution in [0.5, 0.6) is 0 Å². The maximum Gasteiger partial charge on any atom is 0.414 e. The van der Waals surface area contributed by atoms with Crippen LogP contribution >= 0.6 is 0 Å². The summed E-state index contributed by atoms with van der Waals surface area (Å²) >= 11 is 0. The largest absolute Gasteiger partial charge is 0.473 e. The highest BCUT2D eigenvalue weighted by Crippen LogP contribution is 2.29. The molecule has 2 rings (SSSR count). The molecule has 0 radical (unpaired) electrons. The van der Waals surface area contributed by atoms with Gasteiger partial charge in [-0.25, -0.2) is 19.2 Å².